The number of para-hydroxylation sites is 1. The Morgan fingerprint density at radius 2 is 1.94 bits per heavy atom. The maximum absolute atomic E-state index is 4.49. The van der Waals surface area contributed by atoms with Gasteiger partial charge in [0.25, 0.3) is 0 Å². The first-order valence-corrected chi connectivity index (χ1v) is 5.55. The predicted molar refractivity (Wildman–Crippen MR) is 65.6 cm³/mol. The second-order valence-electron chi connectivity index (χ2n) is 4.45. The molecule has 2 nitrogen and oxygen atoms in total. The number of pyridine rings is 1. The minimum absolute atomic E-state index is 0.00213. The van der Waals surface area contributed by atoms with Crippen LogP contribution in [0.1, 0.15) is 18.2 Å². The van der Waals surface area contributed by atoms with E-state index in [9.17, 15) is 0 Å². The maximum Gasteiger partial charge on any atom is 0.0539 e. The molecule has 1 aliphatic rings. The van der Waals surface area contributed by atoms with Crippen LogP contribution < -0.4 is 5.32 Å². The molecule has 1 unspecified atom stereocenters. The summed E-state index contributed by atoms with van der Waals surface area (Å²) >= 11 is 0. The molecular formula is C14H14N2. The lowest BCUT2D eigenvalue weighted by Gasteiger charge is -2.23. The van der Waals surface area contributed by atoms with Crippen molar-refractivity contribution in [1.29, 1.82) is 0 Å². The van der Waals surface area contributed by atoms with E-state index in [1.165, 1.54) is 11.3 Å². The Balaban J connectivity index is 2.15. The van der Waals surface area contributed by atoms with E-state index in [0.717, 1.165) is 12.2 Å². The fourth-order valence-electron chi connectivity index (χ4n) is 2.40. The van der Waals surface area contributed by atoms with Crippen LogP contribution in [0, 0.1) is 0 Å². The summed E-state index contributed by atoms with van der Waals surface area (Å²) in [7, 11) is 0. The molecule has 0 amide bonds. The van der Waals surface area contributed by atoms with Crippen molar-refractivity contribution >= 4 is 5.69 Å². The maximum atomic E-state index is 4.49. The Hall–Kier alpha value is -1.83. The van der Waals surface area contributed by atoms with Crippen molar-refractivity contribution in [3.05, 3.63) is 59.9 Å². The minimum atomic E-state index is -0.00213. The first-order chi connectivity index (χ1) is 7.81. The molecule has 0 saturated heterocycles. The van der Waals surface area contributed by atoms with E-state index in [1.54, 1.807) is 0 Å². The first-order valence-electron chi connectivity index (χ1n) is 5.55. The van der Waals surface area contributed by atoms with E-state index in [0.29, 0.717) is 0 Å². The summed E-state index contributed by atoms with van der Waals surface area (Å²) in [4.78, 5) is 4.49. The van der Waals surface area contributed by atoms with E-state index < -0.39 is 0 Å². The summed E-state index contributed by atoms with van der Waals surface area (Å²) < 4.78 is 0. The number of aromatic nitrogens is 1. The smallest absolute Gasteiger partial charge is 0.0539 e. The van der Waals surface area contributed by atoms with E-state index in [1.807, 2.05) is 12.3 Å². The van der Waals surface area contributed by atoms with Crippen LogP contribution in [0.5, 0.6) is 0 Å². The molecule has 3 rings (SSSR count). The van der Waals surface area contributed by atoms with Gasteiger partial charge in [0.1, 0.15) is 0 Å². The fourth-order valence-corrected chi connectivity index (χ4v) is 2.40. The van der Waals surface area contributed by atoms with Gasteiger partial charge in [-0.2, -0.15) is 0 Å². The number of hydrogen-bond donors (Lipinski definition) is 1. The summed E-state index contributed by atoms with van der Waals surface area (Å²) in [5, 5.41) is 3.45. The highest BCUT2D eigenvalue weighted by atomic mass is 14.9. The largest absolute Gasteiger partial charge is 0.384 e. The molecule has 1 aromatic carbocycles. The molecule has 80 valence electrons. The number of rotatable bonds is 1. The summed E-state index contributed by atoms with van der Waals surface area (Å²) in [6.45, 7) is 3.16. The Labute approximate surface area is 95.3 Å². The van der Waals surface area contributed by atoms with Gasteiger partial charge in [0.05, 0.1) is 11.1 Å². The van der Waals surface area contributed by atoms with Crippen molar-refractivity contribution in [2.75, 3.05) is 11.9 Å². The van der Waals surface area contributed by atoms with Gasteiger partial charge in [-0.05, 0) is 30.7 Å². The lowest BCUT2D eigenvalue weighted by molar-refractivity contribution is 0.612. The molecule has 0 spiro atoms. The number of nitrogens with zero attached hydrogens (tertiary/aromatic N) is 1. The van der Waals surface area contributed by atoms with Gasteiger partial charge in [0.15, 0.2) is 0 Å². The molecule has 0 fully saturated rings. The predicted octanol–water partition coefficient (Wildman–Crippen LogP) is 2.81. The number of anilines is 1. The third-order valence-electron chi connectivity index (χ3n) is 3.38. The minimum Gasteiger partial charge on any atom is -0.384 e. The van der Waals surface area contributed by atoms with E-state index >= 15 is 0 Å². The third-order valence-corrected chi connectivity index (χ3v) is 3.38. The monoisotopic (exact) mass is 210 g/mol. The van der Waals surface area contributed by atoms with Gasteiger partial charge in [-0.25, -0.2) is 0 Å². The SMILES string of the molecule is CC1(c2ccccn2)CNc2ccccc21. The van der Waals surface area contributed by atoms with Crippen LogP contribution in [-0.4, -0.2) is 11.5 Å². The Morgan fingerprint density at radius 1 is 1.12 bits per heavy atom. The average molecular weight is 210 g/mol. The van der Waals surface area contributed by atoms with Crippen LogP contribution in [0.25, 0.3) is 0 Å². The quantitative estimate of drug-likeness (QED) is 0.783. The van der Waals surface area contributed by atoms with Crippen LogP contribution in [0.3, 0.4) is 0 Å². The summed E-state index contributed by atoms with van der Waals surface area (Å²) in [6.07, 6.45) is 1.86. The van der Waals surface area contributed by atoms with Gasteiger partial charge in [-0.1, -0.05) is 24.3 Å². The number of benzene rings is 1. The van der Waals surface area contributed by atoms with Crippen LogP contribution in [0.15, 0.2) is 48.7 Å². The molecule has 1 atom stereocenters. The lowest BCUT2D eigenvalue weighted by Crippen LogP contribution is -2.26. The van der Waals surface area contributed by atoms with Gasteiger partial charge in [-0.3, -0.25) is 4.98 Å². The van der Waals surface area contributed by atoms with Gasteiger partial charge < -0.3 is 5.32 Å². The molecule has 2 heteroatoms. The number of nitrogens with one attached hydrogen (secondary N) is 1. The first kappa shape index (κ1) is 9.40. The van der Waals surface area contributed by atoms with Crippen LogP contribution in [0.4, 0.5) is 5.69 Å². The molecule has 0 saturated carbocycles. The zero-order chi connectivity index (χ0) is 11.0. The lowest BCUT2D eigenvalue weighted by atomic mass is 9.81. The molecule has 1 aromatic heterocycles. The highest BCUT2D eigenvalue weighted by Crippen LogP contribution is 2.40. The summed E-state index contributed by atoms with van der Waals surface area (Å²) in [5.74, 6) is 0. The second-order valence-corrected chi connectivity index (χ2v) is 4.45. The highest BCUT2D eigenvalue weighted by Gasteiger charge is 2.36. The molecule has 16 heavy (non-hydrogen) atoms. The number of hydrogen-bond acceptors (Lipinski definition) is 2. The third kappa shape index (κ3) is 1.23. The molecular weight excluding hydrogens is 196 g/mol. The van der Waals surface area contributed by atoms with Gasteiger partial charge in [0.2, 0.25) is 0 Å². The molecule has 1 aliphatic heterocycles. The molecule has 2 aromatic rings. The van der Waals surface area contributed by atoms with E-state index in [2.05, 4.69) is 53.6 Å². The van der Waals surface area contributed by atoms with E-state index in [4.69, 9.17) is 0 Å². The fraction of sp³-hybridized carbons (Fsp3) is 0.214. The van der Waals surface area contributed by atoms with Gasteiger partial charge in [0, 0.05) is 18.4 Å². The second kappa shape index (κ2) is 3.34. The topological polar surface area (TPSA) is 24.9 Å². The highest BCUT2D eigenvalue weighted by molar-refractivity contribution is 5.62. The van der Waals surface area contributed by atoms with Crippen molar-refractivity contribution in [3.8, 4) is 0 Å². The standard InChI is InChI=1S/C14H14N2/c1-14(13-8-4-5-9-15-13)10-16-12-7-3-2-6-11(12)14/h2-9,16H,10H2,1H3. The van der Waals surface area contributed by atoms with E-state index in [-0.39, 0.29) is 5.41 Å². The van der Waals surface area contributed by atoms with Crippen molar-refractivity contribution in [3.63, 3.8) is 0 Å². The Morgan fingerprint density at radius 3 is 2.75 bits per heavy atom. The zero-order valence-electron chi connectivity index (χ0n) is 9.27. The molecule has 1 N–H and O–H groups in total. The Bertz CT molecular complexity index is 507. The van der Waals surface area contributed by atoms with Crippen LogP contribution in [-0.2, 0) is 5.41 Å². The van der Waals surface area contributed by atoms with Crippen molar-refractivity contribution in [2.45, 2.75) is 12.3 Å². The zero-order valence-corrected chi connectivity index (χ0v) is 9.27. The average Bonchev–Trinajstić information content (AvgIpc) is 2.71. The molecule has 0 bridgehead atoms. The molecule has 0 aliphatic carbocycles. The normalized spacial score (nSPS) is 22.6. The van der Waals surface area contributed by atoms with Crippen molar-refractivity contribution in [2.24, 2.45) is 0 Å². The molecule has 0 radical (unpaired) electrons. The van der Waals surface area contributed by atoms with Crippen molar-refractivity contribution in [1.82, 2.24) is 4.98 Å². The van der Waals surface area contributed by atoms with Gasteiger partial charge >= 0.3 is 0 Å². The number of fused-ring (bicyclic) bond motifs is 1. The van der Waals surface area contributed by atoms with Gasteiger partial charge in [-0.15, -0.1) is 0 Å². The van der Waals surface area contributed by atoms with Crippen LogP contribution >= 0.6 is 0 Å². The summed E-state index contributed by atoms with van der Waals surface area (Å²) in [5.41, 5.74) is 3.70. The Kier molecular flexibility index (Phi) is 1.96. The van der Waals surface area contributed by atoms with Crippen molar-refractivity contribution < 1.29 is 0 Å². The molecule has 2 heterocycles. The summed E-state index contributed by atoms with van der Waals surface area (Å²) in [6, 6.07) is 14.6. The van der Waals surface area contributed by atoms with Crippen LogP contribution in [0.2, 0.25) is 0 Å².